The van der Waals surface area contributed by atoms with Crippen LogP contribution in [-0.4, -0.2) is 41.8 Å². The summed E-state index contributed by atoms with van der Waals surface area (Å²) in [7, 11) is 1.33. The molecule has 0 aliphatic carbocycles. The molecule has 0 radical (unpaired) electrons. The molecule has 0 bridgehead atoms. The molecule has 5 nitrogen and oxygen atoms in total. The second-order valence-electron chi connectivity index (χ2n) is 4.77. The number of rotatable bonds is 3. The number of β-amino-alcohol motifs (C(OH)–C–C–N with tert-alkyl or cyclic N) is 1. The van der Waals surface area contributed by atoms with Gasteiger partial charge >= 0.3 is 5.97 Å². The third-order valence-electron chi connectivity index (χ3n) is 3.42. The number of carbonyl (C=O) groups excluding carboxylic acids is 1. The highest BCUT2D eigenvalue weighted by molar-refractivity contribution is 6.30. The minimum atomic E-state index is -0.558. The number of ether oxygens (including phenoxy) is 1. The van der Waals surface area contributed by atoms with E-state index >= 15 is 0 Å². The Hall–Kier alpha value is -1.61. The summed E-state index contributed by atoms with van der Waals surface area (Å²) in [4.78, 5) is 13.5. The van der Waals surface area contributed by atoms with E-state index in [9.17, 15) is 9.90 Å². The van der Waals surface area contributed by atoms with Gasteiger partial charge in [0.25, 0.3) is 0 Å². The summed E-state index contributed by atoms with van der Waals surface area (Å²) in [5.74, 6) is -0.367. The molecule has 106 valence electrons. The van der Waals surface area contributed by atoms with Crippen molar-refractivity contribution in [3.8, 4) is 6.07 Å². The van der Waals surface area contributed by atoms with Crippen molar-refractivity contribution in [3.63, 3.8) is 0 Å². The summed E-state index contributed by atoms with van der Waals surface area (Å²) < 4.78 is 4.75. The number of hydrogen-bond acceptors (Lipinski definition) is 5. The molecule has 0 spiro atoms. The first-order valence-corrected chi connectivity index (χ1v) is 6.61. The van der Waals surface area contributed by atoms with Crippen LogP contribution in [0, 0.1) is 11.3 Å². The van der Waals surface area contributed by atoms with Gasteiger partial charge in [-0.2, -0.15) is 5.26 Å². The first-order valence-electron chi connectivity index (χ1n) is 6.23. The molecule has 1 aromatic carbocycles. The predicted molar refractivity (Wildman–Crippen MR) is 73.0 cm³/mol. The van der Waals surface area contributed by atoms with Gasteiger partial charge in [-0.05, 0) is 17.7 Å². The summed E-state index contributed by atoms with van der Waals surface area (Å²) in [6.45, 7) is 0.782. The zero-order chi connectivity index (χ0) is 14.7. The number of halogens is 1. The molecule has 1 fully saturated rings. The topological polar surface area (TPSA) is 73.6 Å². The van der Waals surface area contributed by atoms with Crippen LogP contribution in [0.25, 0.3) is 0 Å². The van der Waals surface area contributed by atoms with Crippen molar-refractivity contribution in [2.75, 3.05) is 13.7 Å². The van der Waals surface area contributed by atoms with Crippen LogP contribution in [0.4, 0.5) is 0 Å². The Morgan fingerprint density at radius 1 is 1.65 bits per heavy atom. The third kappa shape index (κ3) is 3.10. The lowest BCUT2D eigenvalue weighted by molar-refractivity contribution is -0.146. The minimum Gasteiger partial charge on any atom is -0.468 e. The Morgan fingerprint density at radius 3 is 3.05 bits per heavy atom. The van der Waals surface area contributed by atoms with Gasteiger partial charge in [0, 0.05) is 24.5 Å². The Labute approximate surface area is 122 Å². The number of aliphatic hydroxyl groups excluding tert-OH is 1. The Bertz CT molecular complexity index is 556. The fraction of sp³-hybridized carbons (Fsp3) is 0.429. The van der Waals surface area contributed by atoms with E-state index in [0.717, 1.165) is 5.56 Å². The van der Waals surface area contributed by atoms with Gasteiger partial charge < -0.3 is 9.84 Å². The molecule has 2 rings (SSSR count). The smallest absolute Gasteiger partial charge is 0.323 e. The maximum Gasteiger partial charge on any atom is 0.323 e. The summed E-state index contributed by atoms with van der Waals surface area (Å²) >= 11 is 5.86. The second-order valence-corrected chi connectivity index (χ2v) is 5.21. The van der Waals surface area contributed by atoms with E-state index in [2.05, 4.69) is 6.07 Å². The lowest BCUT2D eigenvalue weighted by atomic mass is 10.1. The van der Waals surface area contributed by atoms with Crippen molar-refractivity contribution in [2.24, 2.45) is 0 Å². The first kappa shape index (κ1) is 14.8. The zero-order valence-corrected chi connectivity index (χ0v) is 11.8. The SMILES string of the molecule is COC(=O)C1CC(O)CN1Cc1ccc(Cl)cc1C#N. The number of nitrogens with zero attached hydrogens (tertiary/aromatic N) is 2. The highest BCUT2D eigenvalue weighted by atomic mass is 35.5. The van der Waals surface area contributed by atoms with Gasteiger partial charge in [-0.15, -0.1) is 0 Å². The summed E-state index contributed by atoms with van der Waals surface area (Å²) in [6.07, 6.45) is -0.209. The van der Waals surface area contributed by atoms with Gasteiger partial charge in [0.1, 0.15) is 6.04 Å². The molecule has 0 saturated carbocycles. The molecule has 0 aromatic heterocycles. The maximum atomic E-state index is 11.7. The van der Waals surface area contributed by atoms with E-state index in [4.69, 9.17) is 21.6 Å². The highest BCUT2D eigenvalue weighted by Crippen LogP contribution is 2.24. The molecular weight excluding hydrogens is 280 g/mol. The molecule has 6 heteroatoms. The molecule has 20 heavy (non-hydrogen) atoms. The number of likely N-dealkylation sites (tertiary alicyclic amines) is 1. The highest BCUT2D eigenvalue weighted by Gasteiger charge is 2.36. The van der Waals surface area contributed by atoms with E-state index in [-0.39, 0.29) is 5.97 Å². The number of benzene rings is 1. The van der Waals surface area contributed by atoms with Crippen LogP contribution >= 0.6 is 11.6 Å². The number of hydrogen-bond donors (Lipinski definition) is 1. The molecule has 1 aliphatic rings. The molecule has 1 aliphatic heterocycles. The van der Waals surface area contributed by atoms with Crippen molar-refractivity contribution in [2.45, 2.75) is 25.1 Å². The Kier molecular flexibility index (Phi) is 4.61. The van der Waals surface area contributed by atoms with Gasteiger partial charge in [0.15, 0.2) is 0 Å². The molecule has 2 unspecified atom stereocenters. The van der Waals surface area contributed by atoms with E-state index in [1.165, 1.54) is 7.11 Å². The third-order valence-corrected chi connectivity index (χ3v) is 3.66. The van der Waals surface area contributed by atoms with E-state index < -0.39 is 12.1 Å². The van der Waals surface area contributed by atoms with Crippen molar-refractivity contribution in [3.05, 3.63) is 34.3 Å². The monoisotopic (exact) mass is 294 g/mol. The van der Waals surface area contributed by atoms with Crippen molar-refractivity contribution < 1.29 is 14.6 Å². The summed E-state index contributed by atoms with van der Waals surface area (Å²) in [6, 6.07) is 6.68. The average molecular weight is 295 g/mol. The molecule has 1 saturated heterocycles. The largest absolute Gasteiger partial charge is 0.468 e. The molecule has 2 atom stereocenters. The van der Waals surface area contributed by atoms with Crippen LogP contribution in [0.5, 0.6) is 0 Å². The Balaban J connectivity index is 2.20. The van der Waals surface area contributed by atoms with Crippen LogP contribution in [-0.2, 0) is 16.1 Å². The molecule has 1 heterocycles. The van der Waals surface area contributed by atoms with Crippen LogP contribution in [0.15, 0.2) is 18.2 Å². The van der Waals surface area contributed by atoms with Gasteiger partial charge in [-0.1, -0.05) is 17.7 Å². The fourth-order valence-corrected chi connectivity index (χ4v) is 2.62. The van der Waals surface area contributed by atoms with Crippen LogP contribution in [0.3, 0.4) is 0 Å². The summed E-state index contributed by atoms with van der Waals surface area (Å²) in [5.41, 5.74) is 1.25. The van der Waals surface area contributed by atoms with Crippen molar-refractivity contribution in [1.82, 2.24) is 4.90 Å². The lowest BCUT2D eigenvalue weighted by Gasteiger charge is -2.22. The zero-order valence-electron chi connectivity index (χ0n) is 11.0. The number of methoxy groups -OCH3 is 1. The summed E-state index contributed by atoms with van der Waals surface area (Å²) in [5, 5.41) is 19.3. The fourth-order valence-electron chi connectivity index (χ4n) is 2.44. The first-order chi connectivity index (χ1) is 9.55. The van der Waals surface area contributed by atoms with Crippen molar-refractivity contribution >= 4 is 17.6 Å². The number of esters is 1. The van der Waals surface area contributed by atoms with E-state index in [0.29, 0.717) is 30.1 Å². The van der Waals surface area contributed by atoms with Gasteiger partial charge in [0.2, 0.25) is 0 Å². The number of carbonyl (C=O) groups is 1. The van der Waals surface area contributed by atoms with Crippen LogP contribution in [0.2, 0.25) is 5.02 Å². The van der Waals surface area contributed by atoms with Gasteiger partial charge in [0.05, 0.1) is 24.8 Å². The van der Waals surface area contributed by atoms with Crippen LogP contribution < -0.4 is 0 Å². The lowest BCUT2D eigenvalue weighted by Crippen LogP contribution is -2.36. The molecular formula is C14H15ClN2O3. The van der Waals surface area contributed by atoms with Crippen molar-refractivity contribution in [1.29, 1.82) is 5.26 Å². The minimum absolute atomic E-state index is 0.349. The Morgan fingerprint density at radius 2 is 2.40 bits per heavy atom. The number of aliphatic hydroxyl groups is 1. The quantitative estimate of drug-likeness (QED) is 0.851. The normalized spacial score (nSPS) is 22.5. The average Bonchev–Trinajstić information content (AvgIpc) is 2.80. The standard InChI is InChI=1S/C14H15ClN2O3/c1-20-14(19)13-5-12(18)8-17(13)7-9-2-3-11(15)4-10(9)6-16/h2-4,12-13,18H,5,7-8H2,1H3. The number of nitriles is 1. The predicted octanol–water partition coefficient (Wildman–Crippen LogP) is 1.32. The van der Waals surface area contributed by atoms with Crippen LogP contribution in [0.1, 0.15) is 17.5 Å². The van der Waals surface area contributed by atoms with Gasteiger partial charge in [-0.25, -0.2) is 0 Å². The maximum absolute atomic E-state index is 11.7. The second kappa shape index (κ2) is 6.23. The molecule has 0 amide bonds. The van der Waals surface area contributed by atoms with E-state index in [1.807, 2.05) is 4.90 Å². The van der Waals surface area contributed by atoms with Gasteiger partial charge in [-0.3, -0.25) is 9.69 Å². The van der Waals surface area contributed by atoms with E-state index in [1.54, 1.807) is 18.2 Å². The molecule has 1 aromatic rings. The molecule has 1 N–H and O–H groups in total.